The van der Waals surface area contributed by atoms with Crippen molar-refractivity contribution < 1.29 is 4.79 Å². The van der Waals surface area contributed by atoms with E-state index in [0.29, 0.717) is 11.4 Å². The molecule has 0 spiro atoms. The Balaban J connectivity index is 2.12. The van der Waals surface area contributed by atoms with Crippen LogP contribution in [0.1, 0.15) is 35.6 Å². The van der Waals surface area contributed by atoms with E-state index in [1.165, 1.54) is 11.5 Å². The maximum Gasteiger partial charge on any atom is 0.267 e. The fourth-order valence-electron chi connectivity index (χ4n) is 2.11. The van der Waals surface area contributed by atoms with Gasteiger partial charge in [0.2, 0.25) is 0 Å². The highest BCUT2D eigenvalue weighted by Crippen LogP contribution is 2.30. The van der Waals surface area contributed by atoms with E-state index in [4.69, 9.17) is 5.73 Å². The van der Waals surface area contributed by atoms with Crippen molar-refractivity contribution in [3.05, 3.63) is 10.6 Å². The van der Waals surface area contributed by atoms with E-state index in [9.17, 15) is 4.79 Å². The number of aromatic nitrogens is 2. The summed E-state index contributed by atoms with van der Waals surface area (Å²) in [4.78, 5) is 14.9. The van der Waals surface area contributed by atoms with Gasteiger partial charge in [0.15, 0.2) is 0 Å². The summed E-state index contributed by atoms with van der Waals surface area (Å²) >= 11 is 1.19. The summed E-state index contributed by atoms with van der Waals surface area (Å²) in [6.45, 7) is 6.27. The van der Waals surface area contributed by atoms with Crippen LogP contribution in [0, 0.1) is 5.41 Å². The number of hydrogen-bond acceptors (Lipinski definition) is 5. The molecule has 94 valence electrons. The molecule has 2 rings (SSSR count). The van der Waals surface area contributed by atoms with E-state index in [2.05, 4.69) is 16.5 Å². The van der Waals surface area contributed by atoms with Gasteiger partial charge >= 0.3 is 0 Å². The van der Waals surface area contributed by atoms with E-state index in [-0.39, 0.29) is 11.3 Å². The van der Waals surface area contributed by atoms with Gasteiger partial charge < -0.3 is 10.6 Å². The van der Waals surface area contributed by atoms with Crippen LogP contribution in [0.3, 0.4) is 0 Å². The van der Waals surface area contributed by atoms with E-state index in [1.807, 2.05) is 11.8 Å². The Labute approximate surface area is 105 Å². The smallest absolute Gasteiger partial charge is 0.267 e. The standard InChI is InChI=1S/C11H18N4OS/c1-3-8-9(17-14-13-8)10(16)15-5-4-11(2,6-12)7-15/h3-7,12H2,1-2H3. The maximum absolute atomic E-state index is 12.3. The lowest BCUT2D eigenvalue weighted by molar-refractivity contribution is 0.0780. The molecular weight excluding hydrogens is 236 g/mol. The second-order valence-corrected chi connectivity index (χ2v) is 5.65. The molecule has 2 N–H and O–H groups in total. The zero-order chi connectivity index (χ0) is 12.5. The van der Waals surface area contributed by atoms with Gasteiger partial charge in [-0.3, -0.25) is 4.79 Å². The highest BCUT2D eigenvalue weighted by Gasteiger charge is 2.36. The Morgan fingerprint density at radius 2 is 2.41 bits per heavy atom. The molecular formula is C11H18N4OS. The van der Waals surface area contributed by atoms with Crippen molar-refractivity contribution in [1.29, 1.82) is 0 Å². The molecule has 2 heterocycles. The third-order valence-electron chi connectivity index (χ3n) is 3.42. The molecule has 1 unspecified atom stereocenters. The molecule has 5 nitrogen and oxygen atoms in total. The largest absolute Gasteiger partial charge is 0.337 e. The molecule has 1 fully saturated rings. The Morgan fingerprint density at radius 3 is 3.00 bits per heavy atom. The molecule has 0 saturated carbocycles. The van der Waals surface area contributed by atoms with Crippen LogP contribution in [-0.4, -0.2) is 40.0 Å². The van der Waals surface area contributed by atoms with Crippen LogP contribution in [0.2, 0.25) is 0 Å². The average Bonchev–Trinajstić information content (AvgIpc) is 2.95. The van der Waals surface area contributed by atoms with Crippen molar-refractivity contribution in [2.75, 3.05) is 19.6 Å². The minimum absolute atomic E-state index is 0.0639. The lowest BCUT2D eigenvalue weighted by atomic mass is 9.90. The van der Waals surface area contributed by atoms with Gasteiger partial charge in [0, 0.05) is 13.1 Å². The number of carbonyl (C=O) groups is 1. The molecule has 0 aromatic carbocycles. The van der Waals surface area contributed by atoms with Crippen LogP contribution in [-0.2, 0) is 6.42 Å². The number of aryl methyl sites for hydroxylation is 1. The van der Waals surface area contributed by atoms with E-state index in [0.717, 1.165) is 31.6 Å². The number of rotatable bonds is 3. The van der Waals surface area contributed by atoms with Gasteiger partial charge in [-0.05, 0) is 36.3 Å². The number of hydrogen-bond donors (Lipinski definition) is 1. The normalized spacial score (nSPS) is 24.3. The van der Waals surface area contributed by atoms with Crippen LogP contribution in [0.15, 0.2) is 0 Å². The van der Waals surface area contributed by atoms with Gasteiger partial charge in [0.25, 0.3) is 5.91 Å². The quantitative estimate of drug-likeness (QED) is 0.870. The highest BCUT2D eigenvalue weighted by atomic mass is 32.1. The second-order valence-electron chi connectivity index (χ2n) is 4.89. The molecule has 1 aliphatic heterocycles. The van der Waals surface area contributed by atoms with Gasteiger partial charge in [0.05, 0.1) is 5.69 Å². The fourth-order valence-corrected chi connectivity index (χ4v) is 2.83. The summed E-state index contributed by atoms with van der Waals surface area (Å²) in [5, 5.41) is 3.98. The van der Waals surface area contributed by atoms with Gasteiger partial charge in [-0.15, -0.1) is 5.10 Å². The van der Waals surface area contributed by atoms with Gasteiger partial charge in [-0.2, -0.15) is 0 Å². The zero-order valence-corrected chi connectivity index (χ0v) is 11.1. The van der Waals surface area contributed by atoms with Crippen LogP contribution in [0.5, 0.6) is 0 Å². The predicted octanol–water partition coefficient (Wildman–Crippen LogP) is 0.911. The topological polar surface area (TPSA) is 72.1 Å². The number of likely N-dealkylation sites (tertiary alicyclic amines) is 1. The molecule has 0 aliphatic carbocycles. The summed E-state index contributed by atoms with van der Waals surface area (Å²) in [6, 6.07) is 0. The van der Waals surface area contributed by atoms with Crippen molar-refractivity contribution in [3.8, 4) is 0 Å². The Bertz CT molecular complexity index is 419. The lowest BCUT2D eigenvalue weighted by Crippen LogP contribution is -2.34. The summed E-state index contributed by atoms with van der Waals surface area (Å²) in [6.07, 6.45) is 1.72. The highest BCUT2D eigenvalue weighted by molar-refractivity contribution is 7.08. The van der Waals surface area contributed by atoms with E-state index < -0.39 is 0 Å². The van der Waals surface area contributed by atoms with Crippen molar-refractivity contribution in [2.24, 2.45) is 11.1 Å². The monoisotopic (exact) mass is 254 g/mol. The van der Waals surface area contributed by atoms with Crippen LogP contribution in [0.25, 0.3) is 0 Å². The van der Waals surface area contributed by atoms with Crippen molar-refractivity contribution in [3.63, 3.8) is 0 Å². The van der Waals surface area contributed by atoms with Crippen molar-refractivity contribution in [2.45, 2.75) is 26.7 Å². The molecule has 0 radical (unpaired) electrons. The van der Waals surface area contributed by atoms with E-state index in [1.54, 1.807) is 0 Å². The predicted molar refractivity (Wildman–Crippen MR) is 67.0 cm³/mol. The summed E-state index contributed by atoms with van der Waals surface area (Å²) in [7, 11) is 0. The summed E-state index contributed by atoms with van der Waals surface area (Å²) in [5.74, 6) is 0.0639. The number of carbonyl (C=O) groups excluding carboxylic acids is 1. The molecule has 17 heavy (non-hydrogen) atoms. The Morgan fingerprint density at radius 1 is 1.65 bits per heavy atom. The fraction of sp³-hybridized carbons (Fsp3) is 0.727. The van der Waals surface area contributed by atoms with Gasteiger partial charge in [-0.25, -0.2) is 0 Å². The molecule has 0 bridgehead atoms. The number of nitrogens with two attached hydrogens (primary N) is 1. The van der Waals surface area contributed by atoms with E-state index >= 15 is 0 Å². The minimum Gasteiger partial charge on any atom is -0.337 e. The van der Waals surface area contributed by atoms with Crippen LogP contribution in [0.4, 0.5) is 0 Å². The molecule has 1 aromatic heterocycles. The SMILES string of the molecule is CCc1nnsc1C(=O)N1CCC(C)(CN)C1. The molecule has 1 aliphatic rings. The Hall–Kier alpha value is -1.01. The lowest BCUT2D eigenvalue weighted by Gasteiger charge is -2.22. The third kappa shape index (κ3) is 2.32. The zero-order valence-electron chi connectivity index (χ0n) is 10.3. The summed E-state index contributed by atoms with van der Waals surface area (Å²) in [5.41, 5.74) is 6.62. The third-order valence-corrected chi connectivity index (χ3v) is 4.18. The maximum atomic E-state index is 12.3. The first-order valence-electron chi connectivity index (χ1n) is 5.90. The average molecular weight is 254 g/mol. The summed E-state index contributed by atoms with van der Waals surface area (Å²) < 4.78 is 3.86. The van der Waals surface area contributed by atoms with Crippen molar-refractivity contribution >= 4 is 17.4 Å². The molecule has 1 atom stereocenters. The first-order valence-corrected chi connectivity index (χ1v) is 6.67. The van der Waals surface area contributed by atoms with Crippen LogP contribution >= 0.6 is 11.5 Å². The minimum atomic E-state index is 0.0639. The molecule has 1 amide bonds. The second kappa shape index (κ2) is 4.70. The van der Waals surface area contributed by atoms with Crippen LogP contribution < -0.4 is 5.73 Å². The van der Waals surface area contributed by atoms with Crippen molar-refractivity contribution in [1.82, 2.24) is 14.5 Å². The first-order chi connectivity index (χ1) is 8.09. The van der Waals surface area contributed by atoms with Gasteiger partial charge in [-0.1, -0.05) is 18.3 Å². The van der Waals surface area contributed by atoms with Gasteiger partial charge in [0.1, 0.15) is 4.88 Å². The number of nitrogens with zero attached hydrogens (tertiary/aromatic N) is 3. The molecule has 1 saturated heterocycles. The molecule has 1 aromatic rings. The first kappa shape index (κ1) is 12.4. The Kier molecular flexibility index (Phi) is 3.44. The number of amides is 1. The molecule has 6 heteroatoms.